The smallest absolute Gasteiger partial charge is 0.256 e. The lowest BCUT2D eigenvalue weighted by atomic mass is 10.0. The fourth-order valence-corrected chi connectivity index (χ4v) is 4.82. The molecule has 0 aliphatic carbocycles. The molecule has 1 aromatic rings. The molecule has 4 rings (SSSR count). The summed E-state index contributed by atoms with van der Waals surface area (Å²) in [5, 5.41) is 3.00. The average molecular weight is 415 g/mol. The molecule has 0 saturated carbocycles. The van der Waals surface area contributed by atoms with Gasteiger partial charge in [0.15, 0.2) is 0 Å². The van der Waals surface area contributed by atoms with Gasteiger partial charge in [-0.3, -0.25) is 9.69 Å². The molecular weight excluding hydrogens is 388 g/mol. The molecule has 3 aliphatic rings. The largest absolute Gasteiger partial charge is 0.348 e. The molecule has 1 N–H and O–H groups in total. The Morgan fingerprint density at radius 3 is 2.59 bits per heavy atom. The van der Waals surface area contributed by atoms with Crippen LogP contribution in [-0.4, -0.2) is 55.3 Å². The maximum Gasteiger partial charge on any atom is 0.256 e. The first kappa shape index (κ1) is 19.8. The number of piperidine rings is 1. The summed E-state index contributed by atoms with van der Waals surface area (Å²) in [6.45, 7) is 3.95. The topological polar surface area (TPSA) is 82.1 Å². The summed E-state index contributed by atoms with van der Waals surface area (Å²) in [5.41, 5.74) is 2.87. The SMILES string of the molecule is O=C(NCc1ccccc1CN1CCCCC1)C1=CN2CCS(=O)(=O)N=C2C=C1. The van der Waals surface area contributed by atoms with Gasteiger partial charge in [-0.2, -0.15) is 0 Å². The van der Waals surface area contributed by atoms with Gasteiger partial charge >= 0.3 is 0 Å². The summed E-state index contributed by atoms with van der Waals surface area (Å²) < 4.78 is 26.9. The number of sulfonamides is 1. The second-order valence-corrected chi connectivity index (χ2v) is 9.39. The number of amides is 1. The van der Waals surface area contributed by atoms with Crippen molar-refractivity contribution in [2.45, 2.75) is 32.4 Å². The molecule has 29 heavy (non-hydrogen) atoms. The van der Waals surface area contributed by atoms with E-state index < -0.39 is 10.0 Å². The predicted molar refractivity (Wildman–Crippen MR) is 113 cm³/mol. The molecule has 0 unspecified atom stereocenters. The van der Waals surface area contributed by atoms with E-state index in [4.69, 9.17) is 0 Å². The highest BCUT2D eigenvalue weighted by Crippen LogP contribution is 2.18. The summed E-state index contributed by atoms with van der Waals surface area (Å²) in [6, 6.07) is 8.23. The summed E-state index contributed by atoms with van der Waals surface area (Å²) in [5.74, 6) is 0.140. The Morgan fingerprint density at radius 2 is 1.79 bits per heavy atom. The maximum atomic E-state index is 12.6. The Bertz CT molecular complexity index is 975. The Balaban J connectivity index is 1.39. The zero-order chi connectivity index (χ0) is 20.3. The first-order valence-electron chi connectivity index (χ1n) is 10.1. The van der Waals surface area contributed by atoms with Crippen LogP contribution in [0.4, 0.5) is 0 Å². The Labute approximate surface area is 171 Å². The second-order valence-electron chi connectivity index (χ2n) is 7.63. The molecule has 7 nitrogen and oxygen atoms in total. The number of nitrogens with one attached hydrogen (secondary N) is 1. The summed E-state index contributed by atoms with van der Waals surface area (Å²) in [4.78, 5) is 16.8. The molecule has 1 fully saturated rings. The van der Waals surface area contributed by atoms with E-state index in [1.165, 1.54) is 24.8 Å². The van der Waals surface area contributed by atoms with Gasteiger partial charge in [-0.15, -0.1) is 4.40 Å². The number of hydrogen-bond donors (Lipinski definition) is 1. The van der Waals surface area contributed by atoms with Gasteiger partial charge in [0.2, 0.25) is 0 Å². The normalized spacial score (nSPS) is 21.2. The monoisotopic (exact) mass is 414 g/mol. The highest BCUT2D eigenvalue weighted by Gasteiger charge is 2.25. The van der Waals surface area contributed by atoms with E-state index in [1.54, 1.807) is 23.3 Å². The Hall–Kier alpha value is -2.45. The molecule has 3 heterocycles. The van der Waals surface area contributed by atoms with Gasteiger partial charge in [0.25, 0.3) is 15.9 Å². The molecule has 0 spiro atoms. The molecule has 0 atom stereocenters. The number of fused-ring (bicyclic) bond motifs is 1. The zero-order valence-corrected chi connectivity index (χ0v) is 17.2. The van der Waals surface area contributed by atoms with Crippen molar-refractivity contribution in [2.75, 3.05) is 25.4 Å². The van der Waals surface area contributed by atoms with Crippen LogP contribution in [0.25, 0.3) is 0 Å². The molecule has 154 valence electrons. The molecule has 0 bridgehead atoms. The Morgan fingerprint density at radius 1 is 1.03 bits per heavy atom. The van der Waals surface area contributed by atoms with Crippen molar-refractivity contribution >= 4 is 21.8 Å². The average Bonchev–Trinajstić information content (AvgIpc) is 2.72. The molecule has 1 amide bonds. The standard InChI is InChI=1S/C21H26N4O3S/c26-21(19-8-9-20-23-29(27,28)13-12-25(20)16-19)22-14-17-6-2-3-7-18(17)15-24-10-4-1-5-11-24/h2-3,6-9,16H,1,4-5,10-15H2,(H,22,26). The van der Waals surface area contributed by atoms with Crippen molar-refractivity contribution < 1.29 is 13.2 Å². The predicted octanol–water partition coefficient (Wildman–Crippen LogP) is 1.79. The zero-order valence-electron chi connectivity index (χ0n) is 16.4. The van der Waals surface area contributed by atoms with Crippen LogP contribution in [0, 0.1) is 0 Å². The quantitative estimate of drug-likeness (QED) is 0.794. The number of hydrogen-bond acceptors (Lipinski definition) is 5. The van der Waals surface area contributed by atoms with Crippen LogP contribution in [0.15, 0.2) is 52.6 Å². The minimum Gasteiger partial charge on any atom is -0.348 e. The van der Waals surface area contributed by atoms with Gasteiger partial charge in [0, 0.05) is 25.8 Å². The van der Waals surface area contributed by atoms with Crippen LogP contribution in [0.5, 0.6) is 0 Å². The van der Waals surface area contributed by atoms with Crippen molar-refractivity contribution in [1.82, 2.24) is 15.1 Å². The number of carbonyl (C=O) groups excluding carboxylic acids is 1. The maximum absolute atomic E-state index is 12.6. The van der Waals surface area contributed by atoms with Crippen LogP contribution in [0.2, 0.25) is 0 Å². The van der Waals surface area contributed by atoms with Gasteiger partial charge in [-0.1, -0.05) is 30.7 Å². The van der Waals surface area contributed by atoms with Crippen molar-refractivity contribution in [2.24, 2.45) is 4.40 Å². The van der Waals surface area contributed by atoms with Crippen molar-refractivity contribution in [3.05, 3.63) is 59.3 Å². The number of carbonyl (C=O) groups is 1. The van der Waals surface area contributed by atoms with E-state index in [1.807, 2.05) is 12.1 Å². The second kappa shape index (κ2) is 8.51. The van der Waals surface area contributed by atoms with Crippen molar-refractivity contribution in [3.63, 3.8) is 0 Å². The molecule has 3 aliphatic heterocycles. The van der Waals surface area contributed by atoms with E-state index >= 15 is 0 Å². The fraction of sp³-hybridized carbons (Fsp3) is 0.429. The number of amidine groups is 1. The summed E-state index contributed by atoms with van der Waals surface area (Å²) in [6.07, 6.45) is 8.68. The van der Waals surface area contributed by atoms with Crippen molar-refractivity contribution in [1.29, 1.82) is 0 Å². The van der Waals surface area contributed by atoms with Gasteiger partial charge in [-0.05, 0) is 49.2 Å². The van der Waals surface area contributed by atoms with Crippen LogP contribution in [0.3, 0.4) is 0 Å². The lowest BCUT2D eigenvalue weighted by molar-refractivity contribution is -0.117. The summed E-state index contributed by atoms with van der Waals surface area (Å²) in [7, 11) is -3.39. The van der Waals surface area contributed by atoms with Gasteiger partial charge in [0.1, 0.15) is 5.84 Å². The summed E-state index contributed by atoms with van der Waals surface area (Å²) >= 11 is 0. The minimum absolute atomic E-state index is 0.0420. The van der Waals surface area contributed by atoms with E-state index in [0.717, 1.165) is 25.2 Å². The first-order valence-corrected chi connectivity index (χ1v) is 11.7. The van der Waals surface area contributed by atoms with E-state index in [2.05, 4.69) is 26.7 Å². The molecular formula is C21H26N4O3S. The molecule has 1 aromatic carbocycles. The lowest BCUT2D eigenvalue weighted by Crippen LogP contribution is -2.38. The van der Waals surface area contributed by atoms with Gasteiger partial charge in [-0.25, -0.2) is 8.42 Å². The van der Waals surface area contributed by atoms with Crippen LogP contribution >= 0.6 is 0 Å². The first-order chi connectivity index (χ1) is 14.0. The minimum atomic E-state index is -3.39. The number of benzene rings is 1. The van der Waals surface area contributed by atoms with Crippen molar-refractivity contribution in [3.8, 4) is 0 Å². The molecule has 8 heteroatoms. The number of nitrogens with zero attached hydrogens (tertiary/aromatic N) is 3. The molecule has 0 aromatic heterocycles. The van der Waals surface area contributed by atoms with Crippen LogP contribution in [-0.2, 0) is 27.9 Å². The molecule has 1 saturated heterocycles. The van der Waals surface area contributed by atoms with E-state index in [9.17, 15) is 13.2 Å². The van der Waals surface area contributed by atoms with Crippen LogP contribution in [0.1, 0.15) is 30.4 Å². The molecule has 0 radical (unpaired) electrons. The van der Waals surface area contributed by atoms with Crippen LogP contribution < -0.4 is 5.32 Å². The third-order valence-corrected chi connectivity index (χ3v) is 6.65. The van der Waals surface area contributed by atoms with Gasteiger partial charge < -0.3 is 10.2 Å². The van der Waals surface area contributed by atoms with Gasteiger partial charge in [0.05, 0.1) is 11.3 Å². The highest BCUT2D eigenvalue weighted by molar-refractivity contribution is 7.90. The number of rotatable bonds is 5. The highest BCUT2D eigenvalue weighted by atomic mass is 32.2. The number of likely N-dealkylation sites (tertiary alicyclic amines) is 1. The van der Waals surface area contributed by atoms with E-state index in [-0.39, 0.29) is 11.7 Å². The fourth-order valence-electron chi connectivity index (χ4n) is 3.86. The third kappa shape index (κ3) is 4.94. The lowest BCUT2D eigenvalue weighted by Gasteiger charge is -2.27. The third-order valence-electron chi connectivity index (χ3n) is 5.49. The van der Waals surface area contributed by atoms with E-state index in [0.29, 0.717) is 24.5 Å². The Kier molecular flexibility index (Phi) is 5.82.